The lowest BCUT2D eigenvalue weighted by atomic mass is 10.1. The van der Waals surface area contributed by atoms with Gasteiger partial charge in [0.05, 0.1) is 11.8 Å². The predicted molar refractivity (Wildman–Crippen MR) is 103 cm³/mol. The Morgan fingerprint density at radius 3 is 2.41 bits per heavy atom. The molecule has 2 N–H and O–H groups in total. The Kier molecular flexibility index (Phi) is 5.55. The zero-order chi connectivity index (χ0) is 19.4. The van der Waals surface area contributed by atoms with Gasteiger partial charge >= 0.3 is 0 Å². The third kappa shape index (κ3) is 4.71. The van der Waals surface area contributed by atoms with Crippen LogP contribution < -0.4 is 19.5 Å². The minimum absolute atomic E-state index is 0.0116. The van der Waals surface area contributed by atoms with Gasteiger partial charge in [-0.05, 0) is 55.8 Å². The SMILES string of the molecule is CCS(=O)(=O)Nc1ccc(C(=O)N[C@H](C)c2ccc3c(c2)OCCO3)cc1. The molecule has 7 nitrogen and oxygen atoms in total. The first-order chi connectivity index (χ1) is 12.9. The van der Waals surface area contributed by atoms with Crippen molar-refractivity contribution >= 4 is 21.6 Å². The smallest absolute Gasteiger partial charge is 0.251 e. The van der Waals surface area contributed by atoms with E-state index in [2.05, 4.69) is 10.0 Å². The third-order valence-electron chi connectivity index (χ3n) is 4.21. The van der Waals surface area contributed by atoms with Crippen LogP contribution in [0, 0.1) is 0 Å². The van der Waals surface area contributed by atoms with Crippen molar-refractivity contribution in [2.24, 2.45) is 0 Å². The highest BCUT2D eigenvalue weighted by Gasteiger charge is 2.16. The molecule has 0 saturated heterocycles. The molecule has 0 aromatic heterocycles. The lowest BCUT2D eigenvalue weighted by Gasteiger charge is -2.21. The molecule has 0 saturated carbocycles. The highest BCUT2D eigenvalue weighted by molar-refractivity contribution is 7.92. The number of fused-ring (bicyclic) bond motifs is 1. The monoisotopic (exact) mass is 390 g/mol. The molecule has 0 unspecified atom stereocenters. The van der Waals surface area contributed by atoms with Crippen molar-refractivity contribution in [2.45, 2.75) is 19.9 Å². The van der Waals surface area contributed by atoms with Crippen LogP contribution in [0.25, 0.3) is 0 Å². The minimum atomic E-state index is -3.34. The van der Waals surface area contributed by atoms with Crippen LogP contribution in [0.3, 0.4) is 0 Å². The molecule has 3 rings (SSSR count). The van der Waals surface area contributed by atoms with Crippen LogP contribution in [0.4, 0.5) is 5.69 Å². The van der Waals surface area contributed by atoms with E-state index in [0.717, 1.165) is 5.56 Å². The molecule has 2 aromatic carbocycles. The van der Waals surface area contributed by atoms with Crippen molar-refractivity contribution in [2.75, 3.05) is 23.7 Å². The van der Waals surface area contributed by atoms with Gasteiger partial charge in [0.1, 0.15) is 13.2 Å². The van der Waals surface area contributed by atoms with Gasteiger partial charge in [-0.2, -0.15) is 0 Å². The molecule has 1 atom stereocenters. The molecule has 0 bridgehead atoms. The van der Waals surface area contributed by atoms with Crippen LogP contribution >= 0.6 is 0 Å². The summed E-state index contributed by atoms with van der Waals surface area (Å²) < 4.78 is 36.7. The number of ether oxygens (including phenoxy) is 2. The minimum Gasteiger partial charge on any atom is -0.486 e. The molecule has 0 radical (unpaired) electrons. The summed E-state index contributed by atoms with van der Waals surface area (Å²) in [4.78, 5) is 12.5. The molecule has 0 fully saturated rings. The Morgan fingerprint density at radius 1 is 1.07 bits per heavy atom. The van der Waals surface area contributed by atoms with Crippen LogP contribution in [0.15, 0.2) is 42.5 Å². The molecule has 1 aliphatic rings. The van der Waals surface area contributed by atoms with Gasteiger partial charge in [0.25, 0.3) is 5.91 Å². The zero-order valence-corrected chi connectivity index (χ0v) is 16.0. The second-order valence-electron chi connectivity index (χ2n) is 6.18. The fourth-order valence-corrected chi connectivity index (χ4v) is 3.27. The van der Waals surface area contributed by atoms with Crippen LogP contribution in [-0.4, -0.2) is 33.3 Å². The van der Waals surface area contributed by atoms with E-state index in [-0.39, 0.29) is 17.7 Å². The lowest BCUT2D eigenvalue weighted by Crippen LogP contribution is -2.27. The molecular weight excluding hydrogens is 368 g/mol. The summed E-state index contributed by atoms with van der Waals surface area (Å²) in [6.07, 6.45) is 0. The van der Waals surface area contributed by atoms with Crippen molar-refractivity contribution < 1.29 is 22.7 Å². The maximum absolute atomic E-state index is 12.5. The summed E-state index contributed by atoms with van der Waals surface area (Å²) in [5.74, 6) is 1.12. The number of amides is 1. The lowest BCUT2D eigenvalue weighted by molar-refractivity contribution is 0.0939. The molecule has 2 aromatic rings. The number of benzene rings is 2. The first-order valence-corrected chi connectivity index (χ1v) is 10.3. The van der Waals surface area contributed by atoms with Gasteiger partial charge in [0.2, 0.25) is 10.0 Å². The van der Waals surface area contributed by atoms with E-state index in [1.54, 1.807) is 31.2 Å². The Bertz CT molecular complexity index is 926. The van der Waals surface area contributed by atoms with Gasteiger partial charge in [-0.3, -0.25) is 9.52 Å². The summed E-state index contributed by atoms with van der Waals surface area (Å²) in [6, 6.07) is 11.7. The first kappa shape index (κ1) is 19.0. The van der Waals surface area contributed by atoms with Gasteiger partial charge in [-0.15, -0.1) is 0 Å². The summed E-state index contributed by atoms with van der Waals surface area (Å²) >= 11 is 0. The van der Waals surface area contributed by atoms with Gasteiger partial charge in [-0.1, -0.05) is 6.07 Å². The Balaban J connectivity index is 1.66. The number of anilines is 1. The highest BCUT2D eigenvalue weighted by Crippen LogP contribution is 2.32. The number of nitrogens with one attached hydrogen (secondary N) is 2. The van der Waals surface area contributed by atoms with Crippen molar-refractivity contribution in [3.05, 3.63) is 53.6 Å². The van der Waals surface area contributed by atoms with Crippen molar-refractivity contribution in [1.82, 2.24) is 5.32 Å². The van der Waals surface area contributed by atoms with Crippen LogP contribution in [0.5, 0.6) is 11.5 Å². The summed E-state index contributed by atoms with van der Waals surface area (Å²) in [7, 11) is -3.34. The molecule has 0 aliphatic carbocycles. The summed E-state index contributed by atoms with van der Waals surface area (Å²) in [5.41, 5.74) is 1.77. The Morgan fingerprint density at radius 2 is 1.74 bits per heavy atom. The van der Waals surface area contributed by atoms with Crippen molar-refractivity contribution in [1.29, 1.82) is 0 Å². The van der Waals surface area contributed by atoms with Gasteiger partial charge in [0, 0.05) is 11.3 Å². The first-order valence-electron chi connectivity index (χ1n) is 8.69. The molecule has 1 aliphatic heterocycles. The molecular formula is C19H22N2O5S. The number of hydrogen-bond acceptors (Lipinski definition) is 5. The van der Waals surface area contributed by atoms with E-state index >= 15 is 0 Å². The number of hydrogen-bond donors (Lipinski definition) is 2. The second-order valence-corrected chi connectivity index (χ2v) is 8.19. The molecule has 0 spiro atoms. The highest BCUT2D eigenvalue weighted by atomic mass is 32.2. The Hall–Kier alpha value is -2.74. The Labute approximate surface area is 158 Å². The second kappa shape index (κ2) is 7.87. The zero-order valence-electron chi connectivity index (χ0n) is 15.2. The molecule has 144 valence electrons. The van der Waals surface area contributed by atoms with E-state index in [1.165, 1.54) is 0 Å². The average Bonchev–Trinajstić information content (AvgIpc) is 2.67. The van der Waals surface area contributed by atoms with Gasteiger partial charge in [0.15, 0.2) is 11.5 Å². The largest absolute Gasteiger partial charge is 0.486 e. The van der Waals surface area contributed by atoms with Crippen LogP contribution in [-0.2, 0) is 10.0 Å². The van der Waals surface area contributed by atoms with E-state index in [0.29, 0.717) is 36.0 Å². The van der Waals surface area contributed by atoms with Crippen LogP contribution in [0.1, 0.15) is 35.8 Å². The van der Waals surface area contributed by atoms with Crippen LogP contribution in [0.2, 0.25) is 0 Å². The molecule has 27 heavy (non-hydrogen) atoms. The van der Waals surface area contributed by atoms with Crippen molar-refractivity contribution in [3.8, 4) is 11.5 Å². The number of rotatable bonds is 6. The van der Waals surface area contributed by atoms with E-state index in [9.17, 15) is 13.2 Å². The van der Waals surface area contributed by atoms with E-state index < -0.39 is 10.0 Å². The van der Waals surface area contributed by atoms with Gasteiger partial charge < -0.3 is 14.8 Å². The standard InChI is InChI=1S/C19H22N2O5S/c1-3-27(23,24)21-16-7-4-14(5-8-16)19(22)20-13(2)15-6-9-17-18(12-15)26-11-10-25-17/h4-9,12-13,21H,3,10-11H2,1-2H3,(H,20,22)/t13-/m1/s1. The number of carbonyl (C=O) groups excluding carboxylic acids is 1. The fourth-order valence-electron chi connectivity index (χ4n) is 2.63. The van der Waals surface area contributed by atoms with E-state index in [4.69, 9.17) is 9.47 Å². The molecule has 1 amide bonds. The number of carbonyl (C=O) groups is 1. The number of sulfonamides is 1. The fraction of sp³-hybridized carbons (Fsp3) is 0.316. The normalized spacial score (nSPS) is 14.3. The summed E-state index contributed by atoms with van der Waals surface area (Å²) in [5, 5.41) is 2.92. The van der Waals surface area contributed by atoms with Crippen molar-refractivity contribution in [3.63, 3.8) is 0 Å². The quantitative estimate of drug-likeness (QED) is 0.791. The van der Waals surface area contributed by atoms with E-state index in [1.807, 2.05) is 25.1 Å². The molecule has 8 heteroatoms. The maximum atomic E-state index is 12.5. The summed E-state index contributed by atoms with van der Waals surface area (Å²) in [6.45, 7) is 4.48. The molecule has 1 heterocycles. The average molecular weight is 390 g/mol. The maximum Gasteiger partial charge on any atom is 0.251 e. The predicted octanol–water partition coefficient (Wildman–Crippen LogP) is 2.71. The third-order valence-corrected chi connectivity index (χ3v) is 5.52. The van der Waals surface area contributed by atoms with Gasteiger partial charge in [-0.25, -0.2) is 8.42 Å². The topological polar surface area (TPSA) is 93.7 Å².